The Labute approximate surface area is 165 Å². The maximum atomic E-state index is 13.4. The number of amides is 1. The Morgan fingerprint density at radius 1 is 1.34 bits per heavy atom. The molecule has 0 bridgehead atoms. The molecule has 1 amide bonds. The van der Waals surface area contributed by atoms with Crippen molar-refractivity contribution in [3.8, 4) is 0 Å². The van der Waals surface area contributed by atoms with Gasteiger partial charge in [0.05, 0.1) is 6.20 Å². The van der Waals surface area contributed by atoms with Gasteiger partial charge in [0.15, 0.2) is 0 Å². The largest absolute Gasteiger partial charge is 0.443 e. The minimum atomic E-state index is -0.483. The number of hydrogen-bond acceptors (Lipinski definition) is 6. The van der Waals surface area contributed by atoms with E-state index in [1.54, 1.807) is 17.2 Å². The first-order valence-electron chi connectivity index (χ1n) is 9.36. The smallest absolute Gasteiger partial charge is 0.273 e. The van der Waals surface area contributed by atoms with Crippen LogP contribution in [0.25, 0.3) is 0 Å². The first-order chi connectivity index (χ1) is 14.0. The summed E-state index contributed by atoms with van der Waals surface area (Å²) in [6, 6.07) is 7.06. The van der Waals surface area contributed by atoms with E-state index in [1.165, 1.54) is 12.1 Å². The number of H-pyrrole nitrogens is 1. The van der Waals surface area contributed by atoms with Crippen LogP contribution in [0.2, 0.25) is 0 Å². The third kappa shape index (κ3) is 4.18. The molecule has 0 saturated carbocycles. The van der Waals surface area contributed by atoms with Crippen LogP contribution in [0.1, 0.15) is 53.0 Å². The van der Waals surface area contributed by atoms with Crippen LogP contribution < -0.4 is 11.3 Å². The minimum Gasteiger partial charge on any atom is -0.443 e. The van der Waals surface area contributed by atoms with Crippen molar-refractivity contribution >= 4 is 11.9 Å². The second kappa shape index (κ2) is 7.86. The summed E-state index contributed by atoms with van der Waals surface area (Å²) in [5.74, 6) is 0.195. The van der Waals surface area contributed by atoms with E-state index in [0.29, 0.717) is 31.0 Å². The lowest BCUT2D eigenvalue weighted by Crippen LogP contribution is -2.39. The van der Waals surface area contributed by atoms with E-state index < -0.39 is 11.5 Å². The van der Waals surface area contributed by atoms with E-state index in [2.05, 4.69) is 15.0 Å². The van der Waals surface area contributed by atoms with Crippen molar-refractivity contribution in [1.82, 2.24) is 19.9 Å². The summed E-state index contributed by atoms with van der Waals surface area (Å²) in [6.07, 6.45) is 4.43. The number of aromatic amines is 1. The zero-order chi connectivity index (χ0) is 20.4. The second-order valence-corrected chi connectivity index (χ2v) is 7.00. The molecule has 3 heterocycles. The number of nitrogens with zero attached hydrogens (tertiary/aromatic N) is 3. The molecular weight excluding hydrogens is 377 g/mol. The predicted octanol–water partition coefficient (Wildman–Crippen LogP) is 2.44. The van der Waals surface area contributed by atoms with E-state index in [4.69, 9.17) is 10.2 Å². The highest BCUT2D eigenvalue weighted by molar-refractivity contribution is 5.92. The zero-order valence-corrected chi connectivity index (χ0v) is 15.6. The predicted molar refractivity (Wildman–Crippen MR) is 103 cm³/mol. The maximum absolute atomic E-state index is 13.4. The first-order valence-corrected chi connectivity index (χ1v) is 9.36. The molecule has 1 aliphatic heterocycles. The van der Waals surface area contributed by atoms with Crippen molar-refractivity contribution in [2.75, 3.05) is 12.3 Å². The number of anilines is 1. The highest BCUT2D eigenvalue weighted by atomic mass is 19.1. The standard InChI is InChI=1S/C20H20FN5O3/c21-13-5-3-4-12(8-13)9-14-11-23-18(29-14)16-6-1-2-7-26(16)19(28)15-10-17(27)25-20(22)24-15/h3-5,8,10-11,16H,1-2,6-7,9H2,(H3,22,24,25,27)/t16-/m1/s1. The quantitative estimate of drug-likeness (QED) is 0.698. The summed E-state index contributed by atoms with van der Waals surface area (Å²) < 4.78 is 19.3. The number of aromatic nitrogens is 3. The van der Waals surface area contributed by atoms with Gasteiger partial charge < -0.3 is 15.1 Å². The molecule has 0 unspecified atom stereocenters. The second-order valence-electron chi connectivity index (χ2n) is 7.00. The lowest BCUT2D eigenvalue weighted by atomic mass is 10.0. The summed E-state index contributed by atoms with van der Waals surface area (Å²) in [6.45, 7) is 0.499. The molecule has 0 spiro atoms. The number of nitrogens with one attached hydrogen (secondary N) is 1. The third-order valence-electron chi connectivity index (χ3n) is 4.87. The number of likely N-dealkylation sites (tertiary alicyclic amines) is 1. The number of carbonyl (C=O) groups excluding carboxylic acids is 1. The molecule has 9 heteroatoms. The molecule has 3 aromatic rings. The number of hydrogen-bond donors (Lipinski definition) is 2. The van der Waals surface area contributed by atoms with Crippen molar-refractivity contribution in [3.05, 3.63) is 75.6 Å². The number of carbonyl (C=O) groups is 1. The van der Waals surface area contributed by atoms with Crippen LogP contribution in [0.15, 0.2) is 45.7 Å². The number of rotatable bonds is 4. The van der Waals surface area contributed by atoms with Gasteiger partial charge in [0.25, 0.3) is 11.5 Å². The molecule has 3 N–H and O–H groups in total. The van der Waals surface area contributed by atoms with Gasteiger partial charge in [-0.1, -0.05) is 12.1 Å². The molecule has 4 rings (SSSR count). The number of piperidine rings is 1. The summed E-state index contributed by atoms with van der Waals surface area (Å²) in [5, 5.41) is 0. The average molecular weight is 397 g/mol. The third-order valence-corrected chi connectivity index (χ3v) is 4.87. The van der Waals surface area contributed by atoms with E-state index in [1.807, 2.05) is 6.07 Å². The summed E-state index contributed by atoms with van der Waals surface area (Å²) in [7, 11) is 0. The van der Waals surface area contributed by atoms with Gasteiger partial charge in [0.2, 0.25) is 11.8 Å². The van der Waals surface area contributed by atoms with E-state index >= 15 is 0 Å². The molecule has 1 fully saturated rings. The molecule has 150 valence electrons. The van der Waals surface area contributed by atoms with E-state index in [0.717, 1.165) is 24.5 Å². The SMILES string of the molecule is Nc1nc(C(=O)N2CCCC[C@@H]2c2ncc(Cc3cccc(F)c3)o2)cc(=O)[nH]1. The van der Waals surface area contributed by atoms with Crippen molar-refractivity contribution < 1.29 is 13.6 Å². The van der Waals surface area contributed by atoms with Crippen molar-refractivity contribution in [2.24, 2.45) is 0 Å². The minimum absolute atomic E-state index is 0.00955. The first kappa shape index (κ1) is 18.9. The highest BCUT2D eigenvalue weighted by Crippen LogP contribution is 2.32. The van der Waals surface area contributed by atoms with Crippen LogP contribution in [0.3, 0.4) is 0 Å². The Bertz CT molecular complexity index is 1090. The van der Waals surface area contributed by atoms with Gasteiger partial charge in [-0.05, 0) is 37.0 Å². The molecular formula is C20H20FN5O3. The molecule has 1 aromatic carbocycles. The van der Waals surface area contributed by atoms with Gasteiger partial charge >= 0.3 is 0 Å². The molecule has 1 saturated heterocycles. The Morgan fingerprint density at radius 2 is 2.21 bits per heavy atom. The molecule has 0 radical (unpaired) electrons. The fraction of sp³-hybridized carbons (Fsp3) is 0.300. The number of benzene rings is 1. The van der Waals surface area contributed by atoms with Crippen LogP contribution in [0.4, 0.5) is 10.3 Å². The number of halogens is 1. The average Bonchev–Trinajstić information content (AvgIpc) is 3.15. The summed E-state index contributed by atoms with van der Waals surface area (Å²) in [4.78, 5) is 36.9. The molecule has 29 heavy (non-hydrogen) atoms. The summed E-state index contributed by atoms with van der Waals surface area (Å²) >= 11 is 0. The molecule has 1 aliphatic rings. The van der Waals surface area contributed by atoms with Crippen LogP contribution in [0, 0.1) is 5.82 Å². The molecule has 8 nitrogen and oxygen atoms in total. The van der Waals surface area contributed by atoms with E-state index in [-0.39, 0.29) is 23.5 Å². The topological polar surface area (TPSA) is 118 Å². The lowest BCUT2D eigenvalue weighted by molar-refractivity contribution is 0.0564. The van der Waals surface area contributed by atoms with Gasteiger partial charge in [0, 0.05) is 19.0 Å². The summed E-state index contributed by atoms with van der Waals surface area (Å²) in [5.41, 5.74) is 5.84. The van der Waals surface area contributed by atoms with Gasteiger partial charge in [-0.2, -0.15) is 0 Å². The van der Waals surface area contributed by atoms with Gasteiger partial charge in [-0.25, -0.2) is 14.4 Å². The van der Waals surface area contributed by atoms with Crippen molar-refractivity contribution in [2.45, 2.75) is 31.7 Å². The fourth-order valence-electron chi connectivity index (χ4n) is 3.57. The van der Waals surface area contributed by atoms with Gasteiger partial charge in [0.1, 0.15) is 23.3 Å². The number of nitrogen functional groups attached to an aromatic ring is 1. The molecule has 2 aromatic heterocycles. The maximum Gasteiger partial charge on any atom is 0.273 e. The van der Waals surface area contributed by atoms with Crippen LogP contribution in [-0.4, -0.2) is 32.3 Å². The fourth-order valence-corrected chi connectivity index (χ4v) is 3.57. The Balaban J connectivity index is 1.57. The molecule has 0 aliphatic carbocycles. The highest BCUT2D eigenvalue weighted by Gasteiger charge is 2.32. The van der Waals surface area contributed by atoms with Gasteiger partial charge in [-0.15, -0.1) is 0 Å². The van der Waals surface area contributed by atoms with Crippen molar-refractivity contribution in [1.29, 1.82) is 0 Å². The number of nitrogens with two attached hydrogens (primary N) is 1. The van der Waals surface area contributed by atoms with Crippen LogP contribution in [0.5, 0.6) is 0 Å². The van der Waals surface area contributed by atoms with Crippen LogP contribution >= 0.6 is 0 Å². The Morgan fingerprint density at radius 3 is 3.00 bits per heavy atom. The Kier molecular flexibility index (Phi) is 5.11. The van der Waals surface area contributed by atoms with Crippen molar-refractivity contribution in [3.63, 3.8) is 0 Å². The normalized spacial score (nSPS) is 16.7. The molecule has 1 atom stereocenters. The van der Waals surface area contributed by atoms with E-state index in [9.17, 15) is 14.0 Å². The van der Waals surface area contributed by atoms with Crippen LogP contribution in [-0.2, 0) is 6.42 Å². The Hall–Kier alpha value is -3.49. The monoisotopic (exact) mass is 397 g/mol. The lowest BCUT2D eigenvalue weighted by Gasteiger charge is -2.33. The number of oxazole rings is 1. The van der Waals surface area contributed by atoms with Gasteiger partial charge in [-0.3, -0.25) is 14.6 Å². The zero-order valence-electron chi connectivity index (χ0n) is 15.6.